The van der Waals surface area contributed by atoms with Crippen LogP contribution in [0.3, 0.4) is 0 Å². The summed E-state index contributed by atoms with van der Waals surface area (Å²) in [5.74, 6) is -0.279. The molecule has 1 aliphatic rings. The molecule has 2 N–H and O–H groups in total. The lowest BCUT2D eigenvalue weighted by atomic mass is 10.1. The molecule has 1 saturated heterocycles. The number of carbonyl (C=O) groups is 1. The van der Waals surface area contributed by atoms with Crippen LogP contribution in [-0.2, 0) is 11.2 Å². The molecular weight excluding hydrogens is 319 g/mol. The van der Waals surface area contributed by atoms with Crippen molar-refractivity contribution in [1.29, 1.82) is 0 Å². The van der Waals surface area contributed by atoms with Gasteiger partial charge in [-0.25, -0.2) is 9.18 Å². The smallest absolute Gasteiger partial charge is 0.321 e. The van der Waals surface area contributed by atoms with Gasteiger partial charge < -0.3 is 10.1 Å². The molecule has 1 aromatic heterocycles. The van der Waals surface area contributed by atoms with Crippen LogP contribution < -0.4 is 10.6 Å². The number of urea groups is 1. The number of rotatable bonds is 5. The molecule has 1 aromatic carbocycles. The van der Waals surface area contributed by atoms with Crippen LogP contribution in [0.1, 0.15) is 23.4 Å². The monoisotopic (exact) mass is 336 g/mol. The molecule has 122 valence electrons. The lowest BCUT2D eigenvalue weighted by molar-refractivity contribution is 0.112. The molecule has 0 saturated carbocycles. The number of benzene rings is 1. The Morgan fingerprint density at radius 1 is 1.43 bits per heavy atom. The van der Waals surface area contributed by atoms with E-state index in [0.29, 0.717) is 23.1 Å². The Kier molecular flexibility index (Phi) is 5.14. The third-order valence-electron chi connectivity index (χ3n) is 3.45. The first kappa shape index (κ1) is 15.8. The predicted octanol–water partition coefficient (Wildman–Crippen LogP) is 2.57. The lowest BCUT2D eigenvalue weighted by Gasteiger charge is -2.10. The minimum atomic E-state index is -0.325. The molecule has 2 aromatic rings. The summed E-state index contributed by atoms with van der Waals surface area (Å²) in [5.41, 5.74) is 0.815. The summed E-state index contributed by atoms with van der Waals surface area (Å²) in [5, 5.41) is 14.5. The fourth-order valence-electron chi connectivity index (χ4n) is 2.35. The zero-order valence-corrected chi connectivity index (χ0v) is 13.2. The van der Waals surface area contributed by atoms with Crippen molar-refractivity contribution < 1.29 is 13.9 Å². The van der Waals surface area contributed by atoms with Gasteiger partial charge in [-0.2, -0.15) is 0 Å². The van der Waals surface area contributed by atoms with E-state index in [1.807, 2.05) is 6.07 Å². The van der Waals surface area contributed by atoms with E-state index in [1.54, 1.807) is 6.07 Å². The van der Waals surface area contributed by atoms with Gasteiger partial charge in [-0.1, -0.05) is 23.5 Å². The van der Waals surface area contributed by atoms with Crippen molar-refractivity contribution in [2.75, 3.05) is 18.5 Å². The second-order valence-corrected chi connectivity index (χ2v) is 6.34. The summed E-state index contributed by atoms with van der Waals surface area (Å²) >= 11 is 1.27. The van der Waals surface area contributed by atoms with Crippen molar-refractivity contribution >= 4 is 22.5 Å². The summed E-state index contributed by atoms with van der Waals surface area (Å²) in [6.45, 7) is 1.24. The average molecular weight is 336 g/mol. The third-order valence-corrected chi connectivity index (χ3v) is 4.28. The predicted molar refractivity (Wildman–Crippen MR) is 85.1 cm³/mol. The van der Waals surface area contributed by atoms with Crippen molar-refractivity contribution in [2.45, 2.75) is 25.4 Å². The highest BCUT2D eigenvalue weighted by Gasteiger charge is 2.16. The molecule has 0 aliphatic carbocycles. The summed E-state index contributed by atoms with van der Waals surface area (Å²) in [6, 6.07) is 6.02. The molecule has 0 spiro atoms. The zero-order valence-electron chi connectivity index (χ0n) is 12.4. The van der Waals surface area contributed by atoms with Gasteiger partial charge in [0.05, 0.1) is 6.10 Å². The number of nitrogens with one attached hydrogen (secondary N) is 2. The van der Waals surface area contributed by atoms with E-state index in [9.17, 15) is 9.18 Å². The minimum Gasteiger partial charge on any atom is -0.376 e. The van der Waals surface area contributed by atoms with E-state index in [4.69, 9.17) is 4.74 Å². The summed E-state index contributed by atoms with van der Waals surface area (Å²) in [4.78, 5) is 11.8. The highest BCUT2D eigenvalue weighted by atomic mass is 32.1. The Bertz CT molecular complexity index is 673. The summed E-state index contributed by atoms with van der Waals surface area (Å²) < 4.78 is 18.6. The second kappa shape index (κ2) is 7.47. The Morgan fingerprint density at radius 2 is 2.35 bits per heavy atom. The van der Waals surface area contributed by atoms with E-state index < -0.39 is 0 Å². The van der Waals surface area contributed by atoms with Crippen LogP contribution in [0.15, 0.2) is 24.3 Å². The molecule has 6 nitrogen and oxygen atoms in total. The molecule has 1 atom stereocenters. The van der Waals surface area contributed by atoms with Crippen molar-refractivity contribution in [3.05, 3.63) is 40.7 Å². The summed E-state index contributed by atoms with van der Waals surface area (Å²) in [6.07, 6.45) is 2.58. The highest BCUT2D eigenvalue weighted by Crippen LogP contribution is 2.19. The molecule has 3 rings (SSSR count). The number of anilines is 1. The van der Waals surface area contributed by atoms with Gasteiger partial charge in [0, 0.05) is 19.6 Å². The molecule has 23 heavy (non-hydrogen) atoms. The van der Waals surface area contributed by atoms with Gasteiger partial charge in [-0.15, -0.1) is 10.2 Å². The third kappa shape index (κ3) is 4.70. The first-order valence-electron chi connectivity index (χ1n) is 7.42. The van der Waals surface area contributed by atoms with Crippen LogP contribution >= 0.6 is 11.3 Å². The molecule has 0 radical (unpaired) electrons. The number of nitrogens with zero attached hydrogens (tertiary/aromatic N) is 2. The standard InChI is InChI=1S/C15H17FN4O2S/c16-11-4-1-3-10(7-11)8-13-19-20-15(23-13)18-14(21)17-9-12-5-2-6-22-12/h1,3-4,7,12H,2,5-6,8-9H2,(H2,17,18,20,21)/t12-/m1/s1. The van der Waals surface area contributed by atoms with Gasteiger partial charge in [-0.3, -0.25) is 5.32 Å². The van der Waals surface area contributed by atoms with Crippen molar-refractivity contribution in [1.82, 2.24) is 15.5 Å². The molecule has 0 unspecified atom stereocenters. The topological polar surface area (TPSA) is 76.1 Å². The molecule has 1 aliphatic heterocycles. The number of amides is 2. The Balaban J connectivity index is 1.49. The molecular formula is C15H17FN4O2S. The average Bonchev–Trinajstić information content (AvgIpc) is 3.17. The van der Waals surface area contributed by atoms with Crippen molar-refractivity contribution in [3.63, 3.8) is 0 Å². The first-order chi connectivity index (χ1) is 11.2. The normalized spacial score (nSPS) is 17.2. The van der Waals surface area contributed by atoms with E-state index >= 15 is 0 Å². The van der Waals surface area contributed by atoms with Crippen molar-refractivity contribution in [2.24, 2.45) is 0 Å². The van der Waals surface area contributed by atoms with Crippen LogP contribution in [-0.4, -0.2) is 35.5 Å². The number of aromatic nitrogens is 2. The van der Waals surface area contributed by atoms with E-state index in [2.05, 4.69) is 20.8 Å². The van der Waals surface area contributed by atoms with Gasteiger partial charge in [0.25, 0.3) is 0 Å². The number of ether oxygens (including phenoxy) is 1. The van der Waals surface area contributed by atoms with Crippen LogP contribution in [0.4, 0.5) is 14.3 Å². The largest absolute Gasteiger partial charge is 0.376 e. The maximum atomic E-state index is 13.2. The zero-order chi connectivity index (χ0) is 16.1. The lowest BCUT2D eigenvalue weighted by Crippen LogP contribution is -2.34. The van der Waals surface area contributed by atoms with E-state index in [-0.39, 0.29) is 18.0 Å². The number of hydrogen-bond acceptors (Lipinski definition) is 5. The highest BCUT2D eigenvalue weighted by molar-refractivity contribution is 7.15. The fourth-order valence-corrected chi connectivity index (χ4v) is 3.12. The SMILES string of the molecule is O=C(NC[C@H]1CCCO1)Nc1nnc(Cc2cccc(F)c2)s1. The molecule has 1 fully saturated rings. The summed E-state index contributed by atoms with van der Waals surface area (Å²) in [7, 11) is 0. The van der Waals surface area contributed by atoms with Crippen molar-refractivity contribution in [3.8, 4) is 0 Å². The molecule has 2 heterocycles. The maximum absolute atomic E-state index is 13.2. The van der Waals surface area contributed by atoms with Gasteiger partial charge in [-0.05, 0) is 30.5 Å². The van der Waals surface area contributed by atoms with E-state index in [0.717, 1.165) is 25.0 Å². The molecule has 8 heteroatoms. The number of halogens is 1. The van der Waals surface area contributed by atoms with Crippen LogP contribution in [0.25, 0.3) is 0 Å². The Morgan fingerprint density at radius 3 is 3.13 bits per heavy atom. The van der Waals surface area contributed by atoms with Crippen LogP contribution in [0.5, 0.6) is 0 Å². The van der Waals surface area contributed by atoms with Gasteiger partial charge >= 0.3 is 6.03 Å². The van der Waals surface area contributed by atoms with Gasteiger partial charge in [0.15, 0.2) is 0 Å². The van der Waals surface area contributed by atoms with E-state index in [1.165, 1.54) is 23.5 Å². The van der Waals surface area contributed by atoms with Crippen LogP contribution in [0.2, 0.25) is 0 Å². The quantitative estimate of drug-likeness (QED) is 0.880. The number of hydrogen-bond donors (Lipinski definition) is 2. The number of carbonyl (C=O) groups excluding carboxylic acids is 1. The first-order valence-corrected chi connectivity index (χ1v) is 8.24. The van der Waals surface area contributed by atoms with Gasteiger partial charge in [0.2, 0.25) is 5.13 Å². The van der Waals surface area contributed by atoms with Gasteiger partial charge in [0.1, 0.15) is 10.8 Å². The fraction of sp³-hybridized carbons (Fsp3) is 0.400. The Hall–Kier alpha value is -2.06. The second-order valence-electron chi connectivity index (χ2n) is 5.28. The van der Waals surface area contributed by atoms with Crippen LogP contribution in [0, 0.1) is 5.82 Å². The Labute approximate surface area is 137 Å². The minimum absolute atomic E-state index is 0.0960. The maximum Gasteiger partial charge on any atom is 0.321 e. The molecule has 0 bridgehead atoms. The molecule has 2 amide bonds.